The average molecular weight is 325 g/mol. The smallest absolute Gasteiger partial charge is 0.234 e. The summed E-state index contributed by atoms with van der Waals surface area (Å²) in [5.41, 5.74) is 2.20. The molecule has 0 saturated heterocycles. The third kappa shape index (κ3) is 3.78. The average Bonchev–Trinajstić information content (AvgIpc) is 2.54. The van der Waals surface area contributed by atoms with E-state index in [0.717, 1.165) is 11.1 Å². The predicted octanol–water partition coefficient (Wildman–Crippen LogP) is 4.91. The fourth-order valence-corrected chi connectivity index (χ4v) is 2.54. The second-order valence-corrected chi connectivity index (χ2v) is 7.61. The van der Waals surface area contributed by atoms with E-state index in [1.165, 1.54) is 0 Å². The first-order chi connectivity index (χ1) is 11.2. The summed E-state index contributed by atoms with van der Waals surface area (Å²) in [6.45, 7) is 10.3. The zero-order valence-electron chi connectivity index (χ0n) is 15.4. The standard InChI is InChI=1S/C21H27NO2/c1-20(2,3)16-12-13-18(24-6)17(14-16)22-19(23)21(4,5)15-10-8-7-9-11-15/h7-14H,1-6H3,(H,22,23). The first kappa shape index (κ1) is 18.1. The van der Waals surface area contributed by atoms with Crippen molar-refractivity contribution in [3.8, 4) is 5.75 Å². The molecule has 0 aliphatic heterocycles. The van der Waals surface area contributed by atoms with Crippen LogP contribution >= 0.6 is 0 Å². The van der Waals surface area contributed by atoms with Crippen LogP contribution in [0.3, 0.4) is 0 Å². The molecule has 0 unspecified atom stereocenters. The first-order valence-electron chi connectivity index (χ1n) is 8.22. The number of nitrogens with one attached hydrogen (secondary N) is 1. The molecule has 1 amide bonds. The molecule has 1 N–H and O–H groups in total. The van der Waals surface area contributed by atoms with Crippen LogP contribution in [0.1, 0.15) is 45.7 Å². The van der Waals surface area contributed by atoms with Crippen LogP contribution in [0.5, 0.6) is 5.75 Å². The Balaban J connectivity index is 2.34. The molecule has 2 aromatic rings. The number of ether oxygens (including phenoxy) is 1. The second-order valence-electron chi connectivity index (χ2n) is 7.61. The van der Waals surface area contributed by atoms with Crippen molar-refractivity contribution in [3.05, 3.63) is 59.7 Å². The lowest BCUT2D eigenvalue weighted by Gasteiger charge is -2.26. The lowest BCUT2D eigenvalue weighted by Crippen LogP contribution is -2.34. The van der Waals surface area contributed by atoms with Crippen molar-refractivity contribution in [3.63, 3.8) is 0 Å². The predicted molar refractivity (Wildman–Crippen MR) is 99.8 cm³/mol. The number of carbonyl (C=O) groups is 1. The number of anilines is 1. The quantitative estimate of drug-likeness (QED) is 0.867. The molecule has 3 heteroatoms. The summed E-state index contributed by atoms with van der Waals surface area (Å²) in [6, 6.07) is 15.7. The number of hydrogen-bond donors (Lipinski definition) is 1. The van der Waals surface area contributed by atoms with Gasteiger partial charge >= 0.3 is 0 Å². The fraction of sp³-hybridized carbons (Fsp3) is 0.381. The molecule has 0 saturated carbocycles. The van der Waals surface area contributed by atoms with Crippen LogP contribution in [0.25, 0.3) is 0 Å². The molecule has 0 heterocycles. The molecule has 2 aromatic carbocycles. The van der Waals surface area contributed by atoms with E-state index in [-0.39, 0.29) is 11.3 Å². The van der Waals surface area contributed by atoms with Crippen molar-refractivity contribution in [1.82, 2.24) is 0 Å². The normalized spacial score (nSPS) is 11.9. The van der Waals surface area contributed by atoms with Gasteiger partial charge in [0.05, 0.1) is 18.2 Å². The van der Waals surface area contributed by atoms with Crippen molar-refractivity contribution < 1.29 is 9.53 Å². The molecule has 2 rings (SSSR count). The number of hydrogen-bond acceptors (Lipinski definition) is 2. The molecule has 0 aliphatic rings. The summed E-state index contributed by atoms with van der Waals surface area (Å²) >= 11 is 0. The molecule has 0 fully saturated rings. The minimum Gasteiger partial charge on any atom is -0.495 e. The van der Waals surface area contributed by atoms with E-state index in [1.807, 2.05) is 62.4 Å². The van der Waals surface area contributed by atoms with Gasteiger partial charge in [-0.25, -0.2) is 0 Å². The Hall–Kier alpha value is -2.29. The van der Waals surface area contributed by atoms with Gasteiger partial charge in [-0.15, -0.1) is 0 Å². The number of methoxy groups -OCH3 is 1. The van der Waals surface area contributed by atoms with E-state index in [9.17, 15) is 4.79 Å². The van der Waals surface area contributed by atoms with Crippen LogP contribution in [0.4, 0.5) is 5.69 Å². The second kappa shape index (κ2) is 6.68. The highest BCUT2D eigenvalue weighted by Gasteiger charge is 2.30. The highest BCUT2D eigenvalue weighted by molar-refractivity contribution is 5.99. The zero-order chi connectivity index (χ0) is 18.0. The van der Waals surface area contributed by atoms with Crippen LogP contribution in [0.2, 0.25) is 0 Å². The van der Waals surface area contributed by atoms with Gasteiger partial charge < -0.3 is 10.1 Å². The Kier molecular flexibility index (Phi) is 5.02. The first-order valence-corrected chi connectivity index (χ1v) is 8.22. The van der Waals surface area contributed by atoms with Crippen molar-refractivity contribution in [2.45, 2.75) is 45.4 Å². The summed E-state index contributed by atoms with van der Waals surface area (Å²) in [5, 5.41) is 3.05. The summed E-state index contributed by atoms with van der Waals surface area (Å²) in [6.07, 6.45) is 0. The molecular formula is C21H27NO2. The number of amides is 1. The van der Waals surface area contributed by atoms with E-state index in [4.69, 9.17) is 4.74 Å². The lowest BCUT2D eigenvalue weighted by molar-refractivity contribution is -0.120. The largest absolute Gasteiger partial charge is 0.495 e. The molecule has 0 aliphatic carbocycles. The topological polar surface area (TPSA) is 38.3 Å². The zero-order valence-corrected chi connectivity index (χ0v) is 15.4. The van der Waals surface area contributed by atoms with E-state index in [2.05, 4.69) is 26.1 Å². The number of benzene rings is 2. The van der Waals surface area contributed by atoms with Crippen LogP contribution in [0, 0.1) is 0 Å². The van der Waals surface area contributed by atoms with Gasteiger partial charge in [-0.1, -0.05) is 57.2 Å². The molecule has 0 aromatic heterocycles. The molecule has 128 valence electrons. The highest BCUT2D eigenvalue weighted by Crippen LogP contribution is 2.33. The monoisotopic (exact) mass is 325 g/mol. The summed E-state index contributed by atoms with van der Waals surface area (Å²) < 4.78 is 5.42. The summed E-state index contributed by atoms with van der Waals surface area (Å²) in [7, 11) is 1.62. The van der Waals surface area contributed by atoms with Gasteiger partial charge in [-0.2, -0.15) is 0 Å². The summed E-state index contributed by atoms with van der Waals surface area (Å²) in [5.74, 6) is 0.610. The SMILES string of the molecule is COc1ccc(C(C)(C)C)cc1NC(=O)C(C)(C)c1ccccc1. The molecule has 0 radical (unpaired) electrons. The highest BCUT2D eigenvalue weighted by atomic mass is 16.5. The van der Waals surface area contributed by atoms with Crippen molar-refractivity contribution >= 4 is 11.6 Å². The minimum atomic E-state index is -0.635. The lowest BCUT2D eigenvalue weighted by atomic mass is 9.83. The van der Waals surface area contributed by atoms with Gasteiger partial charge in [-0.3, -0.25) is 4.79 Å². The van der Waals surface area contributed by atoms with Crippen LogP contribution < -0.4 is 10.1 Å². The van der Waals surface area contributed by atoms with Crippen LogP contribution in [-0.4, -0.2) is 13.0 Å². The molecule has 0 bridgehead atoms. The molecule has 0 atom stereocenters. The van der Waals surface area contributed by atoms with Gasteiger partial charge in [0.15, 0.2) is 0 Å². The maximum atomic E-state index is 12.9. The van der Waals surface area contributed by atoms with Gasteiger partial charge in [-0.05, 0) is 42.5 Å². The molecule has 0 spiro atoms. The maximum Gasteiger partial charge on any atom is 0.234 e. The van der Waals surface area contributed by atoms with Crippen LogP contribution in [-0.2, 0) is 15.6 Å². The Morgan fingerprint density at radius 2 is 1.54 bits per heavy atom. The van der Waals surface area contributed by atoms with E-state index in [0.29, 0.717) is 11.4 Å². The summed E-state index contributed by atoms with van der Waals surface area (Å²) in [4.78, 5) is 12.9. The molecule has 24 heavy (non-hydrogen) atoms. The van der Waals surface area contributed by atoms with Gasteiger partial charge in [0.25, 0.3) is 0 Å². The van der Waals surface area contributed by atoms with Crippen molar-refractivity contribution in [2.75, 3.05) is 12.4 Å². The van der Waals surface area contributed by atoms with Gasteiger partial charge in [0.2, 0.25) is 5.91 Å². The Morgan fingerprint density at radius 3 is 2.08 bits per heavy atom. The maximum absolute atomic E-state index is 12.9. The minimum absolute atomic E-state index is 0.000691. The van der Waals surface area contributed by atoms with E-state index >= 15 is 0 Å². The van der Waals surface area contributed by atoms with E-state index < -0.39 is 5.41 Å². The van der Waals surface area contributed by atoms with Crippen molar-refractivity contribution in [1.29, 1.82) is 0 Å². The Labute approximate surface area is 145 Å². The third-order valence-corrected chi connectivity index (χ3v) is 4.38. The Morgan fingerprint density at radius 1 is 0.917 bits per heavy atom. The van der Waals surface area contributed by atoms with Gasteiger partial charge in [0.1, 0.15) is 5.75 Å². The third-order valence-electron chi connectivity index (χ3n) is 4.38. The van der Waals surface area contributed by atoms with E-state index in [1.54, 1.807) is 7.11 Å². The number of carbonyl (C=O) groups excluding carboxylic acids is 1. The van der Waals surface area contributed by atoms with Crippen molar-refractivity contribution in [2.24, 2.45) is 0 Å². The fourth-order valence-electron chi connectivity index (χ4n) is 2.54. The molecule has 3 nitrogen and oxygen atoms in total. The van der Waals surface area contributed by atoms with Crippen LogP contribution in [0.15, 0.2) is 48.5 Å². The molecular weight excluding hydrogens is 298 g/mol. The number of rotatable bonds is 4. The van der Waals surface area contributed by atoms with Gasteiger partial charge in [0, 0.05) is 0 Å². The Bertz CT molecular complexity index is 712.